The van der Waals surface area contributed by atoms with E-state index in [4.69, 9.17) is 9.47 Å². The number of thiophene rings is 1. The second kappa shape index (κ2) is 11.4. The Labute approximate surface area is 197 Å². The highest BCUT2D eigenvalue weighted by Gasteiger charge is 2.24. The highest BCUT2D eigenvalue weighted by atomic mass is 32.2. The number of esters is 2. The summed E-state index contributed by atoms with van der Waals surface area (Å²) >= 11 is 1.22. The molecule has 1 amide bonds. The van der Waals surface area contributed by atoms with Crippen LogP contribution in [0, 0.1) is 13.8 Å². The summed E-state index contributed by atoms with van der Waals surface area (Å²) in [5.74, 6) is -2.02. The highest BCUT2D eigenvalue weighted by Crippen LogP contribution is 2.33. The molecule has 0 spiro atoms. The first kappa shape index (κ1) is 26.5. The fraction of sp³-hybridized carbons (Fsp3) is 0.409. The van der Waals surface area contributed by atoms with E-state index in [1.807, 2.05) is 6.92 Å². The van der Waals surface area contributed by atoms with Gasteiger partial charge in [0, 0.05) is 18.0 Å². The minimum absolute atomic E-state index is 0.00561. The van der Waals surface area contributed by atoms with Gasteiger partial charge in [0.15, 0.2) is 6.61 Å². The second-order valence-electron chi connectivity index (χ2n) is 6.95. The number of aryl methyl sites for hydroxylation is 1. The number of anilines is 1. The maximum absolute atomic E-state index is 12.7. The Hall–Kier alpha value is -2.76. The molecule has 1 aromatic heterocycles. The molecule has 33 heavy (non-hydrogen) atoms. The lowest BCUT2D eigenvalue weighted by atomic mass is 10.1. The van der Waals surface area contributed by atoms with Crippen molar-refractivity contribution in [3.8, 4) is 0 Å². The van der Waals surface area contributed by atoms with Gasteiger partial charge in [0.05, 0.1) is 22.6 Å². The minimum Gasteiger partial charge on any atom is -0.462 e. The van der Waals surface area contributed by atoms with Gasteiger partial charge in [-0.15, -0.1) is 11.3 Å². The Balaban J connectivity index is 2.10. The summed E-state index contributed by atoms with van der Waals surface area (Å²) in [5.41, 5.74) is 0.983. The summed E-state index contributed by atoms with van der Waals surface area (Å²) in [4.78, 5) is 37.8. The van der Waals surface area contributed by atoms with Gasteiger partial charge in [-0.3, -0.25) is 4.79 Å². The van der Waals surface area contributed by atoms with E-state index in [2.05, 4.69) is 5.32 Å². The van der Waals surface area contributed by atoms with Gasteiger partial charge < -0.3 is 14.8 Å². The number of nitrogens with one attached hydrogen (secondary N) is 1. The topological polar surface area (TPSA) is 119 Å². The van der Waals surface area contributed by atoms with Gasteiger partial charge in [-0.05, 0) is 44.5 Å². The standard InChI is InChI=1S/C22H28N2O7S2/c1-6-24(7-2)33(28,29)17-11-9-10-16(12-17)21(26)31-13-18(25)23-20-19(22(27)30-8-3)14(4)15(5)32-20/h9-12H,6-8,13H2,1-5H3,(H,23,25). The molecule has 1 heterocycles. The molecule has 0 aliphatic heterocycles. The van der Waals surface area contributed by atoms with Crippen LogP contribution >= 0.6 is 11.3 Å². The van der Waals surface area contributed by atoms with Crippen LogP contribution < -0.4 is 5.32 Å². The van der Waals surface area contributed by atoms with Crippen LogP contribution in [0.1, 0.15) is 51.9 Å². The van der Waals surface area contributed by atoms with Crippen LogP contribution in [0.3, 0.4) is 0 Å². The highest BCUT2D eigenvalue weighted by molar-refractivity contribution is 7.89. The van der Waals surface area contributed by atoms with Gasteiger partial charge in [0.25, 0.3) is 5.91 Å². The molecule has 0 fully saturated rings. The fourth-order valence-corrected chi connectivity index (χ4v) is 5.61. The van der Waals surface area contributed by atoms with E-state index in [0.717, 1.165) is 4.88 Å². The monoisotopic (exact) mass is 496 g/mol. The average molecular weight is 497 g/mol. The third-order valence-electron chi connectivity index (χ3n) is 4.87. The largest absolute Gasteiger partial charge is 0.462 e. The Bertz CT molecular complexity index is 1140. The number of rotatable bonds is 10. The van der Waals surface area contributed by atoms with Gasteiger partial charge in [-0.1, -0.05) is 19.9 Å². The second-order valence-corrected chi connectivity index (χ2v) is 10.1. The van der Waals surface area contributed by atoms with Crippen LogP contribution in [0.25, 0.3) is 0 Å². The van der Waals surface area contributed by atoms with Crippen molar-refractivity contribution in [3.63, 3.8) is 0 Å². The Morgan fingerprint density at radius 3 is 2.30 bits per heavy atom. The molecule has 2 rings (SSSR count). The van der Waals surface area contributed by atoms with Crippen LogP contribution in [-0.4, -0.2) is 56.9 Å². The number of amides is 1. The van der Waals surface area contributed by atoms with Gasteiger partial charge in [0.2, 0.25) is 10.0 Å². The van der Waals surface area contributed by atoms with Crippen molar-refractivity contribution >= 4 is 44.2 Å². The Morgan fingerprint density at radius 2 is 1.70 bits per heavy atom. The SMILES string of the molecule is CCOC(=O)c1c(NC(=O)COC(=O)c2cccc(S(=O)(=O)N(CC)CC)c2)sc(C)c1C. The number of benzene rings is 1. The Morgan fingerprint density at radius 1 is 1.03 bits per heavy atom. The van der Waals surface area contributed by atoms with Crippen LogP contribution in [0.15, 0.2) is 29.2 Å². The summed E-state index contributed by atoms with van der Waals surface area (Å²) in [7, 11) is -3.74. The van der Waals surface area contributed by atoms with Crippen LogP contribution in [-0.2, 0) is 24.3 Å². The minimum atomic E-state index is -3.74. The van der Waals surface area contributed by atoms with E-state index in [-0.39, 0.29) is 22.6 Å². The van der Waals surface area contributed by atoms with E-state index >= 15 is 0 Å². The molecule has 0 radical (unpaired) electrons. The lowest BCUT2D eigenvalue weighted by Gasteiger charge is -2.18. The Kier molecular flexibility index (Phi) is 9.15. The molecule has 0 atom stereocenters. The molecule has 0 saturated carbocycles. The molecule has 9 nitrogen and oxygen atoms in total. The van der Waals surface area contributed by atoms with Gasteiger partial charge in [0.1, 0.15) is 5.00 Å². The van der Waals surface area contributed by atoms with E-state index in [1.165, 1.54) is 39.9 Å². The summed E-state index contributed by atoms with van der Waals surface area (Å²) in [6, 6.07) is 5.47. The van der Waals surface area contributed by atoms with Crippen molar-refractivity contribution in [2.75, 3.05) is 31.6 Å². The first-order chi connectivity index (χ1) is 15.6. The third-order valence-corrected chi connectivity index (χ3v) is 8.03. The zero-order valence-electron chi connectivity index (χ0n) is 19.3. The summed E-state index contributed by atoms with van der Waals surface area (Å²) in [6.45, 7) is 8.89. The molecular weight excluding hydrogens is 468 g/mol. The molecular formula is C22H28N2O7S2. The zero-order valence-corrected chi connectivity index (χ0v) is 20.9. The van der Waals surface area contributed by atoms with Crippen molar-refractivity contribution in [2.24, 2.45) is 0 Å². The summed E-state index contributed by atoms with van der Waals surface area (Å²) in [5, 5.41) is 2.90. The third kappa shape index (κ3) is 6.18. The molecule has 0 unspecified atom stereocenters. The quantitative estimate of drug-likeness (QED) is 0.501. The van der Waals surface area contributed by atoms with Gasteiger partial charge in [-0.25, -0.2) is 18.0 Å². The number of carbonyl (C=O) groups is 3. The first-order valence-corrected chi connectivity index (χ1v) is 12.7. The first-order valence-electron chi connectivity index (χ1n) is 10.4. The smallest absolute Gasteiger partial charge is 0.341 e. The van der Waals surface area contributed by atoms with Crippen molar-refractivity contribution in [3.05, 3.63) is 45.8 Å². The van der Waals surface area contributed by atoms with E-state index in [9.17, 15) is 22.8 Å². The molecule has 0 aliphatic rings. The van der Waals surface area contributed by atoms with Crippen molar-refractivity contribution < 1.29 is 32.3 Å². The molecule has 180 valence electrons. The molecule has 0 saturated heterocycles. The molecule has 1 N–H and O–H groups in total. The van der Waals surface area contributed by atoms with Crippen LogP contribution in [0.5, 0.6) is 0 Å². The van der Waals surface area contributed by atoms with E-state index in [0.29, 0.717) is 23.7 Å². The lowest BCUT2D eigenvalue weighted by molar-refractivity contribution is -0.119. The maximum atomic E-state index is 12.7. The molecule has 1 aromatic carbocycles. The summed E-state index contributed by atoms with van der Waals surface area (Å²) < 4.78 is 36.7. The fourth-order valence-electron chi connectivity index (χ4n) is 3.04. The molecule has 2 aromatic rings. The molecule has 0 aliphatic carbocycles. The van der Waals surface area contributed by atoms with Crippen molar-refractivity contribution in [1.29, 1.82) is 0 Å². The number of ether oxygens (including phenoxy) is 2. The lowest BCUT2D eigenvalue weighted by Crippen LogP contribution is -2.30. The maximum Gasteiger partial charge on any atom is 0.341 e. The van der Waals surface area contributed by atoms with Gasteiger partial charge in [-0.2, -0.15) is 4.31 Å². The molecule has 0 bridgehead atoms. The summed E-state index contributed by atoms with van der Waals surface area (Å²) in [6.07, 6.45) is 0. The van der Waals surface area contributed by atoms with Crippen LogP contribution in [0.2, 0.25) is 0 Å². The predicted octanol–water partition coefficient (Wildman–Crippen LogP) is 3.37. The molecule has 11 heteroatoms. The predicted molar refractivity (Wildman–Crippen MR) is 125 cm³/mol. The number of hydrogen-bond donors (Lipinski definition) is 1. The van der Waals surface area contributed by atoms with Crippen molar-refractivity contribution in [2.45, 2.75) is 39.5 Å². The number of nitrogens with zero attached hydrogens (tertiary/aromatic N) is 1. The van der Waals surface area contributed by atoms with E-state index in [1.54, 1.807) is 27.7 Å². The number of sulfonamides is 1. The average Bonchev–Trinajstić information content (AvgIpc) is 3.05. The van der Waals surface area contributed by atoms with Crippen molar-refractivity contribution in [1.82, 2.24) is 4.31 Å². The normalized spacial score (nSPS) is 11.3. The zero-order chi connectivity index (χ0) is 24.8. The van der Waals surface area contributed by atoms with Gasteiger partial charge >= 0.3 is 11.9 Å². The number of hydrogen-bond acceptors (Lipinski definition) is 8. The van der Waals surface area contributed by atoms with E-state index < -0.39 is 34.5 Å². The number of carbonyl (C=O) groups excluding carboxylic acids is 3. The van der Waals surface area contributed by atoms with Crippen LogP contribution in [0.4, 0.5) is 5.00 Å².